The van der Waals surface area contributed by atoms with Crippen LogP contribution in [0.2, 0.25) is 5.02 Å². The summed E-state index contributed by atoms with van der Waals surface area (Å²) in [7, 11) is 1.49. The van der Waals surface area contributed by atoms with Crippen molar-refractivity contribution in [3.8, 4) is 5.75 Å². The van der Waals surface area contributed by atoms with E-state index in [9.17, 15) is 13.6 Å². The highest BCUT2D eigenvalue weighted by Gasteiger charge is 2.11. The molecular weight excluding hydrogens is 378 g/mol. The fourth-order valence-electron chi connectivity index (χ4n) is 2.19. The number of hydrogen-bond acceptors (Lipinski definition) is 5. The summed E-state index contributed by atoms with van der Waals surface area (Å²) in [5, 5.41) is 5.71. The molecular formula is C18H13ClF2N4O2. The Kier molecular flexibility index (Phi) is 5.46. The number of nitrogens with one attached hydrogen (secondary N) is 2. The third kappa shape index (κ3) is 4.48. The van der Waals surface area contributed by atoms with Gasteiger partial charge in [0.15, 0.2) is 11.6 Å². The quantitative estimate of drug-likeness (QED) is 0.674. The molecule has 0 aliphatic rings. The number of anilines is 3. The molecule has 0 saturated carbocycles. The highest BCUT2D eigenvalue weighted by Crippen LogP contribution is 2.27. The number of amides is 1. The van der Waals surface area contributed by atoms with E-state index in [0.29, 0.717) is 16.5 Å². The molecule has 1 heterocycles. The van der Waals surface area contributed by atoms with Crippen LogP contribution < -0.4 is 15.4 Å². The first-order chi connectivity index (χ1) is 13.0. The Labute approximate surface area is 158 Å². The van der Waals surface area contributed by atoms with Gasteiger partial charge in [-0.2, -0.15) is 0 Å². The fraction of sp³-hybridized carbons (Fsp3) is 0.0556. The fourth-order valence-corrected chi connectivity index (χ4v) is 2.45. The van der Waals surface area contributed by atoms with Crippen LogP contribution in [0.3, 0.4) is 0 Å². The maximum Gasteiger partial charge on any atom is 0.274 e. The van der Waals surface area contributed by atoms with Crippen LogP contribution in [-0.2, 0) is 0 Å². The molecule has 0 spiro atoms. The van der Waals surface area contributed by atoms with E-state index in [2.05, 4.69) is 20.6 Å². The highest BCUT2D eigenvalue weighted by atomic mass is 35.5. The zero-order valence-electron chi connectivity index (χ0n) is 14.0. The highest BCUT2D eigenvalue weighted by molar-refractivity contribution is 6.32. The van der Waals surface area contributed by atoms with Crippen LogP contribution in [0.5, 0.6) is 5.75 Å². The lowest BCUT2D eigenvalue weighted by Gasteiger charge is -2.09. The zero-order valence-corrected chi connectivity index (χ0v) is 14.7. The Hall–Kier alpha value is -3.26. The Balaban J connectivity index is 1.75. The second-order valence-electron chi connectivity index (χ2n) is 5.32. The van der Waals surface area contributed by atoms with Crippen LogP contribution in [0.25, 0.3) is 0 Å². The molecule has 0 radical (unpaired) electrons. The van der Waals surface area contributed by atoms with Gasteiger partial charge in [-0.15, -0.1) is 0 Å². The molecule has 0 saturated heterocycles. The third-order valence-electron chi connectivity index (χ3n) is 3.47. The van der Waals surface area contributed by atoms with E-state index < -0.39 is 17.5 Å². The first-order valence-electron chi connectivity index (χ1n) is 7.66. The van der Waals surface area contributed by atoms with Crippen molar-refractivity contribution in [2.75, 3.05) is 17.7 Å². The summed E-state index contributed by atoms with van der Waals surface area (Å²) in [4.78, 5) is 20.4. The molecule has 138 valence electrons. The van der Waals surface area contributed by atoms with Gasteiger partial charge in [0.2, 0.25) is 5.95 Å². The molecule has 0 atom stereocenters. The van der Waals surface area contributed by atoms with Crippen molar-refractivity contribution < 1.29 is 18.3 Å². The van der Waals surface area contributed by atoms with E-state index in [0.717, 1.165) is 12.1 Å². The molecule has 1 amide bonds. The largest absolute Gasteiger partial charge is 0.495 e. The van der Waals surface area contributed by atoms with Crippen molar-refractivity contribution in [2.45, 2.75) is 0 Å². The van der Waals surface area contributed by atoms with Crippen molar-refractivity contribution in [3.63, 3.8) is 0 Å². The lowest BCUT2D eigenvalue weighted by atomic mass is 10.3. The van der Waals surface area contributed by atoms with Gasteiger partial charge in [0.1, 0.15) is 11.4 Å². The van der Waals surface area contributed by atoms with Crippen LogP contribution in [0.1, 0.15) is 10.5 Å². The molecule has 0 aliphatic carbocycles. The molecule has 0 fully saturated rings. The number of nitrogens with zero attached hydrogens (tertiary/aromatic N) is 2. The summed E-state index contributed by atoms with van der Waals surface area (Å²) >= 11 is 6.03. The van der Waals surface area contributed by atoms with Gasteiger partial charge in [-0.1, -0.05) is 11.6 Å². The monoisotopic (exact) mass is 390 g/mol. The molecule has 3 rings (SSSR count). The van der Waals surface area contributed by atoms with Gasteiger partial charge in [0.25, 0.3) is 5.91 Å². The first-order valence-corrected chi connectivity index (χ1v) is 8.04. The van der Waals surface area contributed by atoms with E-state index in [4.69, 9.17) is 16.3 Å². The summed E-state index contributed by atoms with van der Waals surface area (Å²) in [6, 6.07) is 9.47. The molecule has 0 aliphatic heterocycles. The van der Waals surface area contributed by atoms with E-state index in [1.807, 2.05) is 0 Å². The normalized spacial score (nSPS) is 10.4. The van der Waals surface area contributed by atoms with Gasteiger partial charge in [-0.05, 0) is 36.4 Å². The smallest absolute Gasteiger partial charge is 0.274 e. The van der Waals surface area contributed by atoms with Gasteiger partial charge in [-0.25, -0.2) is 18.7 Å². The molecule has 9 heteroatoms. The van der Waals surface area contributed by atoms with E-state index >= 15 is 0 Å². The van der Waals surface area contributed by atoms with Crippen LogP contribution >= 0.6 is 11.6 Å². The summed E-state index contributed by atoms with van der Waals surface area (Å²) in [6.07, 6.45) is 1.37. The molecule has 6 nitrogen and oxygen atoms in total. The lowest BCUT2D eigenvalue weighted by Crippen LogP contribution is -2.14. The predicted octanol–water partition coefficient (Wildman–Crippen LogP) is 4.41. The summed E-state index contributed by atoms with van der Waals surface area (Å²) in [6.45, 7) is 0. The number of hydrogen-bond donors (Lipinski definition) is 2. The summed E-state index contributed by atoms with van der Waals surface area (Å²) in [5.41, 5.74) is 0.773. The van der Waals surface area contributed by atoms with Crippen molar-refractivity contribution >= 4 is 34.8 Å². The minimum atomic E-state index is -1.01. The minimum absolute atomic E-state index is 0.0569. The Morgan fingerprint density at radius 2 is 1.85 bits per heavy atom. The number of carbonyl (C=O) groups is 1. The lowest BCUT2D eigenvalue weighted by molar-refractivity contribution is 0.102. The van der Waals surface area contributed by atoms with Crippen LogP contribution in [0.4, 0.5) is 26.1 Å². The molecule has 2 N–H and O–H groups in total. The van der Waals surface area contributed by atoms with Crippen LogP contribution in [0, 0.1) is 11.6 Å². The van der Waals surface area contributed by atoms with Crippen LogP contribution in [-0.4, -0.2) is 23.0 Å². The number of halogens is 3. The SMILES string of the molecule is COc1ccc(NC(=O)c2ccnc(Nc3ccc(F)c(F)c3)n2)cc1Cl. The number of benzene rings is 2. The number of ether oxygens (including phenoxy) is 1. The first kappa shape index (κ1) is 18.5. The number of methoxy groups -OCH3 is 1. The average Bonchev–Trinajstić information content (AvgIpc) is 2.65. The van der Waals surface area contributed by atoms with E-state index in [1.165, 1.54) is 25.4 Å². The second-order valence-corrected chi connectivity index (χ2v) is 5.73. The molecule has 1 aromatic heterocycles. The minimum Gasteiger partial charge on any atom is -0.495 e. The Morgan fingerprint density at radius 1 is 1.07 bits per heavy atom. The van der Waals surface area contributed by atoms with Gasteiger partial charge in [0.05, 0.1) is 12.1 Å². The van der Waals surface area contributed by atoms with E-state index in [-0.39, 0.29) is 17.3 Å². The second kappa shape index (κ2) is 7.96. The number of aromatic nitrogens is 2. The maximum atomic E-state index is 13.3. The molecule has 0 bridgehead atoms. The van der Waals surface area contributed by atoms with Crippen molar-refractivity contribution in [1.29, 1.82) is 0 Å². The topological polar surface area (TPSA) is 76.1 Å². The molecule has 2 aromatic carbocycles. The van der Waals surface area contributed by atoms with Crippen molar-refractivity contribution in [1.82, 2.24) is 9.97 Å². The summed E-state index contributed by atoms with van der Waals surface area (Å²) < 4.78 is 31.3. The third-order valence-corrected chi connectivity index (χ3v) is 3.77. The van der Waals surface area contributed by atoms with Gasteiger partial charge in [-0.3, -0.25) is 4.79 Å². The van der Waals surface area contributed by atoms with Gasteiger partial charge < -0.3 is 15.4 Å². The standard InChI is InChI=1S/C18H13ClF2N4O2/c1-27-16-5-3-10(8-12(16)19)23-17(26)15-6-7-22-18(25-15)24-11-2-4-13(20)14(21)9-11/h2-9H,1H3,(H,23,26)(H,22,24,25). The number of carbonyl (C=O) groups excluding carboxylic acids is 1. The molecule has 27 heavy (non-hydrogen) atoms. The maximum absolute atomic E-state index is 13.3. The van der Waals surface area contributed by atoms with E-state index in [1.54, 1.807) is 18.2 Å². The van der Waals surface area contributed by atoms with Gasteiger partial charge in [0, 0.05) is 23.6 Å². The predicted molar refractivity (Wildman–Crippen MR) is 97.6 cm³/mol. The Morgan fingerprint density at radius 3 is 2.56 bits per heavy atom. The van der Waals surface area contributed by atoms with Crippen molar-refractivity contribution in [3.05, 3.63) is 71.0 Å². The average molecular weight is 391 g/mol. The van der Waals surface area contributed by atoms with Crippen molar-refractivity contribution in [2.24, 2.45) is 0 Å². The Bertz CT molecular complexity index is 1000. The molecule has 0 unspecified atom stereocenters. The molecule has 3 aromatic rings. The van der Waals surface area contributed by atoms with Gasteiger partial charge >= 0.3 is 0 Å². The van der Waals surface area contributed by atoms with Crippen LogP contribution in [0.15, 0.2) is 48.7 Å². The zero-order chi connectivity index (χ0) is 19.4. The number of rotatable bonds is 5. The summed E-state index contributed by atoms with van der Waals surface area (Å²) in [5.74, 6) is -1.93.